The van der Waals surface area contributed by atoms with Gasteiger partial charge in [-0.3, -0.25) is 13.7 Å². The van der Waals surface area contributed by atoms with Gasteiger partial charge in [-0.1, -0.05) is 0 Å². The zero-order chi connectivity index (χ0) is 26.2. The summed E-state index contributed by atoms with van der Waals surface area (Å²) >= 11 is 5.77. The minimum atomic E-state index is -5.41. The molecular weight excluding hydrogens is 536 g/mol. The summed E-state index contributed by atoms with van der Waals surface area (Å²) in [5.74, 6) is 0.186. The van der Waals surface area contributed by atoms with E-state index in [2.05, 4.69) is 19.9 Å². The molecule has 3 atom stereocenters. The minimum Gasteiger partial charge on any atom is -0.394 e. The van der Waals surface area contributed by atoms with Gasteiger partial charge in [-0.05, 0) is 11.6 Å². The lowest BCUT2D eigenvalue weighted by molar-refractivity contribution is -0.0432. The van der Waals surface area contributed by atoms with Gasteiger partial charge in [-0.25, -0.2) is 9.97 Å². The number of anilines is 1. The first-order valence-electron chi connectivity index (χ1n) is 9.57. The van der Waals surface area contributed by atoms with Gasteiger partial charge in [0.2, 0.25) is 5.28 Å². The molecule has 194 valence electrons. The van der Waals surface area contributed by atoms with Gasteiger partial charge < -0.3 is 49.9 Å². The number of hydrogen-bond donors (Lipinski definition) is 8. The predicted molar refractivity (Wildman–Crippen MR) is 118 cm³/mol. The van der Waals surface area contributed by atoms with Crippen LogP contribution in [0.3, 0.4) is 0 Å². The Hall–Kier alpha value is -2.01. The maximum absolute atomic E-state index is 10.9. The number of aliphatic hydroxyl groups excluding tert-OH is 2. The molecule has 0 saturated carbocycles. The van der Waals surface area contributed by atoms with E-state index in [0.29, 0.717) is 17.6 Å². The molecule has 35 heavy (non-hydrogen) atoms. The molecule has 0 spiro atoms. The highest BCUT2D eigenvalue weighted by atomic mass is 35.5. The molecule has 1 fully saturated rings. The number of imidazole rings is 2. The molecule has 4 rings (SSSR count). The molecule has 1 aliphatic heterocycles. The summed E-state index contributed by atoms with van der Waals surface area (Å²) in [6.07, 6.45) is 3.52. The number of rotatable bonds is 6. The van der Waals surface area contributed by atoms with E-state index in [1.165, 1.54) is 18.7 Å². The predicted octanol–water partition coefficient (Wildman–Crippen LogP) is -1.41. The summed E-state index contributed by atoms with van der Waals surface area (Å²) in [5.41, 5.74) is 6.57. The van der Waals surface area contributed by atoms with Crippen LogP contribution in [0, 0.1) is 0 Å². The monoisotopic (exact) mass is 557 g/mol. The molecule has 3 aromatic rings. The second kappa shape index (κ2) is 10.2. The SMILES string of the molecule is Nc1nc(Cl)nc2c1ncn2[C@H]1C[C@H](O)[C@@H](CO)O1.O=P(O)(O)C(O)(Cn1ccnc1)P(=O)(O)O. The maximum Gasteiger partial charge on any atom is 0.371 e. The first kappa shape index (κ1) is 27.6. The molecule has 0 aromatic carbocycles. The third kappa shape index (κ3) is 5.71. The number of aliphatic hydroxyl groups is 3. The molecule has 1 saturated heterocycles. The van der Waals surface area contributed by atoms with Gasteiger partial charge in [-0.2, -0.15) is 9.97 Å². The van der Waals surface area contributed by atoms with E-state index in [9.17, 15) is 19.3 Å². The van der Waals surface area contributed by atoms with Gasteiger partial charge in [0, 0.05) is 18.8 Å². The van der Waals surface area contributed by atoms with Crippen molar-refractivity contribution in [1.29, 1.82) is 0 Å². The Morgan fingerprint density at radius 1 is 1.20 bits per heavy atom. The van der Waals surface area contributed by atoms with Gasteiger partial charge in [0.25, 0.3) is 5.08 Å². The quantitative estimate of drug-likeness (QED) is 0.128. The van der Waals surface area contributed by atoms with Crippen LogP contribution in [0.1, 0.15) is 12.6 Å². The Balaban J connectivity index is 0.000000199. The summed E-state index contributed by atoms with van der Waals surface area (Å²) in [6.45, 7) is -1.20. The Bertz CT molecular complexity index is 1240. The normalized spacial score (nSPS) is 21.2. The van der Waals surface area contributed by atoms with Crippen LogP contribution in [0.5, 0.6) is 0 Å². The molecule has 17 nitrogen and oxygen atoms in total. The molecule has 0 unspecified atom stereocenters. The highest BCUT2D eigenvalue weighted by Crippen LogP contribution is 2.67. The Kier molecular flexibility index (Phi) is 8.00. The fraction of sp³-hybridized carbons (Fsp3) is 0.467. The topological polar surface area (TPSA) is 272 Å². The summed E-state index contributed by atoms with van der Waals surface area (Å²) in [6, 6.07) is 0. The number of aromatic nitrogens is 6. The van der Waals surface area contributed by atoms with E-state index in [1.807, 2.05) is 0 Å². The van der Waals surface area contributed by atoms with Crippen LogP contribution >= 0.6 is 26.8 Å². The number of nitrogens with two attached hydrogens (primary N) is 1. The lowest BCUT2D eigenvalue weighted by Gasteiger charge is -2.29. The Morgan fingerprint density at radius 2 is 1.86 bits per heavy atom. The molecule has 1 aliphatic rings. The molecule has 3 aromatic heterocycles. The molecule has 9 N–H and O–H groups in total. The van der Waals surface area contributed by atoms with E-state index in [4.69, 9.17) is 46.8 Å². The van der Waals surface area contributed by atoms with Crippen LogP contribution in [-0.2, 0) is 20.4 Å². The van der Waals surface area contributed by atoms with Crippen molar-refractivity contribution in [2.45, 2.75) is 36.5 Å². The summed E-state index contributed by atoms with van der Waals surface area (Å²) in [4.78, 5) is 50.7. The first-order chi connectivity index (χ1) is 16.2. The van der Waals surface area contributed by atoms with Crippen LogP contribution in [0.25, 0.3) is 11.2 Å². The van der Waals surface area contributed by atoms with Crippen molar-refractivity contribution in [2.75, 3.05) is 12.3 Å². The minimum absolute atomic E-state index is 0.0176. The highest BCUT2D eigenvalue weighted by molar-refractivity contribution is 7.72. The average molecular weight is 558 g/mol. The Morgan fingerprint density at radius 3 is 2.37 bits per heavy atom. The van der Waals surface area contributed by atoms with Crippen molar-refractivity contribution in [2.24, 2.45) is 0 Å². The molecule has 4 heterocycles. The number of nitrogen functional groups attached to an aromatic ring is 1. The largest absolute Gasteiger partial charge is 0.394 e. The second-order valence-electron chi connectivity index (χ2n) is 7.41. The van der Waals surface area contributed by atoms with Crippen LogP contribution in [0.15, 0.2) is 25.0 Å². The van der Waals surface area contributed by atoms with E-state index in [1.54, 1.807) is 4.57 Å². The van der Waals surface area contributed by atoms with E-state index < -0.39 is 45.3 Å². The van der Waals surface area contributed by atoms with Gasteiger partial charge in [-0.15, -0.1) is 0 Å². The number of nitrogens with zero attached hydrogens (tertiary/aromatic N) is 6. The summed E-state index contributed by atoms with van der Waals surface area (Å²) in [5, 5.41) is 24.9. The zero-order valence-corrected chi connectivity index (χ0v) is 20.1. The summed E-state index contributed by atoms with van der Waals surface area (Å²) in [7, 11) is -10.8. The van der Waals surface area contributed by atoms with Crippen molar-refractivity contribution in [3.63, 3.8) is 0 Å². The average Bonchev–Trinajstić information content (AvgIpc) is 3.46. The molecule has 0 radical (unpaired) electrons. The molecule has 0 aliphatic carbocycles. The van der Waals surface area contributed by atoms with E-state index >= 15 is 0 Å². The van der Waals surface area contributed by atoms with Crippen LogP contribution in [0.4, 0.5) is 5.82 Å². The standard InChI is InChI=1S/C10H12ClN5O3.C5H10N2O7P2/c11-10-14-8(12)7-9(15-10)16(3-13-7)6-1-4(18)5(2-17)19-6;8-5(15(9,10)11,16(12,13)14)3-7-2-1-6-4-7/h3-6,17-18H,1-2H2,(H2,12,14,15);1-2,4,8H,3H2,(H2,9,10,11)(H2,12,13,14)/t4-,5+,6+;/m0./s1. The van der Waals surface area contributed by atoms with Gasteiger partial charge in [0.05, 0.1) is 31.9 Å². The highest BCUT2D eigenvalue weighted by Gasteiger charge is 2.59. The van der Waals surface area contributed by atoms with Gasteiger partial charge in [0.15, 0.2) is 11.5 Å². The smallest absolute Gasteiger partial charge is 0.371 e. The number of halogens is 1. The molecule has 20 heteroatoms. The number of hydrogen-bond acceptors (Lipinski definition) is 11. The maximum atomic E-state index is 10.9. The first-order valence-corrected chi connectivity index (χ1v) is 13.2. The van der Waals surface area contributed by atoms with Gasteiger partial charge in [0.1, 0.15) is 17.8 Å². The van der Waals surface area contributed by atoms with Crippen molar-refractivity contribution < 1.29 is 48.8 Å². The van der Waals surface area contributed by atoms with Crippen molar-refractivity contribution in [3.8, 4) is 0 Å². The van der Waals surface area contributed by atoms with E-state index in [0.717, 1.165) is 10.9 Å². The van der Waals surface area contributed by atoms with Crippen LogP contribution in [-0.4, -0.2) is 87.9 Å². The lowest BCUT2D eigenvalue weighted by atomic mass is 10.2. The van der Waals surface area contributed by atoms with Crippen molar-refractivity contribution in [3.05, 3.63) is 30.3 Å². The lowest BCUT2D eigenvalue weighted by Crippen LogP contribution is -2.33. The van der Waals surface area contributed by atoms with Gasteiger partial charge >= 0.3 is 15.2 Å². The third-order valence-corrected chi connectivity index (χ3v) is 8.88. The van der Waals surface area contributed by atoms with Crippen molar-refractivity contribution in [1.82, 2.24) is 29.1 Å². The fourth-order valence-corrected chi connectivity index (χ4v) is 5.37. The Labute approximate surface area is 201 Å². The zero-order valence-electron chi connectivity index (χ0n) is 17.6. The van der Waals surface area contributed by atoms with E-state index in [-0.39, 0.29) is 17.7 Å². The van der Waals surface area contributed by atoms with Crippen molar-refractivity contribution >= 4 is 43.8 Å². The number of fused-ring (bicyclic) bond motifs is 1. The molecule has 0 bridgehead atoms. The summed E-state index contributed by atoms with van der Waals surface area (Å²) < 4.78 is 30.0. The fourth-order valence-electron chi connectivity index (χ4n) is 3.15. The second-order valence-corrected chi connectivity index (χ2v) is 11.8. The van der Waals surface area contributed by atoms with Crippen LogP contribution < -0.4 is 5.73 Å². The molecular formula is C15H22ClN7O10P2. The molecule has 0 amide bonds. The van der Waals surface area contributed by atoms with Crippen LogP contribution in [0.2, 0.25) is 5.28 Å². The third-order valence-electron chi connectivity index (χ3n) is 5.00. The number of ether oxygens (including phenoxy) is 1.